The zero-order valence-electron chi connectivity index (χ0n) is 11.5. The fraction of sp³-hybridized carbons (Fsp3) is 0.538. The number of nitrogens with zero attached hydrogens (tertiary/aromatic N) is 1. The molecule has 1 aromatic rings. The van der Waals surface area contributed by atoms with Gasteiger partial charge in [-0.25, -0.2) is 0 Å². The first kappa shape index (κ1) is 15.2. The SMILES string of the molecule is CCC(CC)(CO)Nc1cccc(OC)c1[N+](=O)[O-]. The number of anilines is 1. The van der Waals surface area contributed by atoms with Crippen LogP contribution in [0.15, 0.2) is 18.2 Å². The van der Waals surface area contributed by atoms with E-state index in [1.54, 1.807) is 18.2 Å². The van der Waals surface area contributed by atoms with Crippen LogP contribution in [-0.2, 0) is 0 Å². The molecule has 0 spiro atoms. The van der Waals surface area contributed by atoms with E-state index in [4.69, 9.17) is 4.74 Å². The predicted octanol–water partition coefficient (Wildman–Crippen LogP) is 2.57. The molecule has 0 atom stereocenters. The quantitative estimate of drug-likeness (QED) is 0.586. The van der Waals surface area contributed by atoms with Crippen molar-refractivity contribution in [3.05, 3.63) is 28.3 Å². The van der Waals surface area contributed by atoms with Crippen molar-refractivity contribution in [1.82, 2.24) is 0 Å². The molecule has 0 saturated heterocycles. The van der Waals surface area contributed by atoms with E-state index in [9.17, 15) is 15.2 Å². The van der Waals surface area contributed by atoms with Gasteiger partial charge in [0.15, 0.2) is 5.75 Å². The van der Waals surface area contributed by atoms with Crippen LogP contribution in [0.2, 0.25) is 0 Å². The van der Waals surface area contributed by atoms with Crippen LogP contribution in [0.25, 0.3) is 0 Å². The second-order valence-corrected chi connectivity index (χ2v) is 4.38. The Morgan fingerprint density at radius 2 is 2.05 bits per heavy atom. The van der Waals surface area contributed by atoms with Crippen molar-refractivity contribution in [3.8, 4) is 5.75 Å². The zero-order valence-corrected chi connectivity index (χ0v) is 11.5. The third kappa shape index (κ3) is 3.14. The number of nitro benzene ring substituents is 1. The Kier molecular flexibility index (Phi) is 5.11. The van der Waals surface area contributed by atoms with Gasteiger partial charge in [-0.2, -0.15) is 0 Å². The smallest absolute Gasteiger partial charge is 0.333 e. The van der Waals surface area contributed by atoms with Crippen LogP contribution < -0.4 is 10.1 Å². The normalized spacial score (nSPS) is 11.2. The number of nitrogens with one attached hydrogen (secondary N) is 1. The van der Waals surface area contributed by atoms with Gasteiger partial charge in [-0.15, -0.1) is 0 Å². The van der Waals surface area contributed by atoms with E-state index in [1.807, 2.05) is 13.8 Å². The lowest BCUT2D eigenvalue weighted by Gasteiger charge is -2.31. The molecule has 0 unspecified atom stereocenters. The molecule has 19 heavy (non-hydrogen) atoms. The lowest BCUT2D eigenvalue weighted by Crippen LogP contribution is -2.41. The van der Waals surface area contributed by atoms with E-state index < -0.39 is 10.5 Å². The minimum atomic E-state index is -0.558. The third-order valence-corrected chi connectivity index (χ3v) is 3.46. The maximum atomic E-state index is 11.2. The standard InChI is InChI=1S/C13H20N2O4/c1-4-13(5-2,9-16)14-10-7-6-8-11(19-3)12(10)15(17)18/h6-8,14,16H,4-5,9H2,1-3H3. The number of nitro groups is 1. The summed E-state index contributed by atoms with van der Waals surface area (Å²) in [4.78, 5) is 10.7. The Balaban J connectivity index is 3.23. The molecule has 0 radical (unpaired) electrons. The van der Waals surface area contributed by atoms with Gasteiger partial charge in [0.05, 0.1) is 24.2 Å². The molecule has 6 heteroatoms. The molecular formula is C13H20N2O4. The van der Waals surface area contributed by atoms with Gasteiger partial charge in [0.2, 0.25) is 0 Å². The van der Waals surface area contributed by atoms with Crippen molar-refractivity contribution in [2.24, 2.45) is 0 Å². The number of benzene rings is 1. The third-order valence-electron chi connectivity index (χ3n) is 3.46. The molecule has 0 aliphatic carbocycles. The molecule has 2 N–H and O–H groups in total. The highest BCUT2D eigenvalue weighted by molar-refractivity contribution is 5.69. The molecule has 1 rings (SSSR count). The summed E-state index contributed by atoms with van der Waals surface area (Å²) in [6.45, 7) is 3.77. The Morgan fingerprint density at radius 3 is 2.47 bits per heavy atom. The number of aliphatic hydroxyl groups is 1. The second kappa shape index (κ2) is 6.38. The van der Waals surface area contributed by atoms with Crippen molar-refractivity contribution in [2.75, 3.05) is 19.0 Å². The van der Waals surface area contributed by atoms with Crippen LogP contribution in [0.3, 0.4) is 0 Å². The Labute approximate surface area is 112 Å². The summed E-state index contributed by atoms with van der Waals surface area (Å²) in [5.74, 6) is 0.203. The Hall–Kier alpha value is -1.82. The van der Waals surface area contributed by atoms with Crippen molar-refractivity contribution in [3.63, 3.8) is 0 Å². The van der Waals surface area contributed by atoms with Crippen LogP contribution in [-0.4, -0.2) is 29.3 Å². The summed E-state index contributed by atoms with van der Waals surface area (Å²) in [5, 5.41) is 23.8. The van der Waals surface area contributed by atoms with Gasteiger partial charge in [0.25, 0.3) is 0 Å². The summed E-state index contributed by atoms with van der Waals surface area (Å²) < 4.78 is 5.02. The van der Waals surface area contributed by atoms with E-state index in [0.717, 1.165) is 0 Å². The molecule has 0 aliphatic rings. The first-order chi connectivity index (χ1) is 9.03. The number of methoxy groups -OCH3 is 1. The van der Waals surface area contributed by atoms with E-state index in [-0.39, 0.29) is 18.0 Å². The summed E-state index contributed by atoms with van der Waals surface area (Å²) in [5.41, 5.74) is -0.302. The largest absolute Gasteiger partial charge is 0.490 e. The first-order valence-electron chi connectivity index (χ1n) is 6.24. The van der Waals surface area contributed by atoms with E-state index in [1.165, 1.54) is 7.11 Å². The first-order valence-corrected chi connectivity index (χ1v) is 6.24. The lowest BCUT2D eigenvalue weighted by atomic mass is 9.93. The minimum absolute atomic E-state index is 0.0889. The zero-order chi connectivity index (χ0) is 14.5. The highest BCUT2D eigenvalue weighted by Gasteiger charge is 2.29. The molecule has 0 saturated carbocycles. The van der Waals surface area contributed by atoms with E-state index >= 15 is 0 Å². The number of aliphatic hydroxyl groups excluding tert-OH is 1. The number of para-hydroxylation sites is 1. The highest BCUT2D eigenvalue weighted by atomic mass is 16.6. The number of rotatable bonds is 7. The maximum Gasteiger partial charge on any atom is 0.333 e. The summed E-state index contributed by atoms with van der Waals surface area (Å²) in [6, 6.07) is 4.85. The fourth-order valence-corrected chi connectivity index (χ4v) is 1.95. The molecular weight excluding hydrogens is 248 g/mol. The Bertz CT molecular complexity index is 436. The second-order valence-electron chi connectivity index (χ2n) is 4.38. The molecule has 0 heterocycles. The predicted molar refractivity (Wildman–Crippen MR) is 73.7 cm³/mol. The van der Waals surface area contributed by atoms with Crippen LogP contribution in [0.5, 0.6) is 5.75 Å². The maximum absolute atomic E-state index is 11.2. The molecule has 0 bridgehead atoms. The number of ether oxygens (including phenoxy) is 1. The molecule has 106 valence electrons. The molecule has 0 aliphatic heterocycles. The van der Waals surface area contributed by atoms with Crippen LogP contribution >= 0.6 is 0 Å². The monoisotopic (exact) mass is 268 g/mol. The summed E-state index contributed by atoms with van der Waals surface area (Å²) >= 11 is 0. The highest BCUT2D eigenvalue weighted by Crippen LogP contribution is 2.36. The average molecular weight is 268 g/mol. The average Bonchev–Trinajstić information content (AvgIpc) is 2.44. The van der Waals surface area contributed by atoms with Gasteiger partial charge in [-0.3, -0.25) is 10.1 Å². The molecule has 6 nitrogen and oxygen atoms in total. The molecule has 0 fully saturated rings. The summed E-state index contributed by atoms with van der Waals surface area (Å²) in [6.07, 6.45) is 1.32. The van der Waals surface area contributed by atoms with Gasteiger partial charge < -0.3 is 15.2 Å². The van der Waals surface area contributed by atoms with E-state index in [2.05, 4.69) is 5.32 Å². The fourth-order valence-electron chi connectivity index (χ4n) is 1.95. The van der Waals surface area contributed by atoms with Crippen LogP contribution in [0, 0.1) is 10.1 Å². The lowest BCUT2D eigenvalue weighted by molar-refractivity contribution is -0.384. The van der Waals surface area contributed by atoms with Gasteiger partial charge in [0.1, 0.15) is 5.69 Å². The molecule has 0 amide bonds. The Morgan fingerprint density at radius 1 is 1.42 bits per heavy atom. The van der Waals surface area contributed by atoms with Crippen molar-refractivity contribution < 1.29 is 14.8 Å². The molecule has 1 aromatic carbocycles. The van der Waals surface area contributed by atoms with Gasteiger partial charge >= 0.3 is 5.69 Å². The van der Waals surface area contributed by atoms with Crippen molar-refractivity contribution in [2.45, 2.75) is 32.2 Å². The number of hydrogen-bond acceptors (Lipinski definition) is 5. The molecule has 0 aromatic heterocycles. The van der Waals surface area contributed by atoms with Crippen LogP contribution in [0.4, 0.5) is 11.4 Å². The van der Waals surface area contributed by atoms with Gasteiger partial charge in [-0.05, 0) is 25.0 Å². The van der Waals surface area contributed by atoms with Gasteiger partial charge in [0, 0.05) is 0 Å². The van der Waals surface area contributed by atoms with E-state index in [0.29, 0.717) is 18.5 Å². The topological polar surface area (TPSA) is 84.6 Å². The summed E-state index contributed by atoms with van der Waals surface area (Å²) in [7, 11) is 1.39. The van der Waals surface area contributed by atoms with Gasteiger partial charge in [-0.1, -0.05) is 19.9 Å². The number of hydrogen-bond donors (Lipinski definition) is 2. The minimum Gasteiger partial charge on any atom is -0.490 e. The van der Waals surface area contributed by atoms with Crippen molar-refractivity contribution >= 4 is 11.4 Å². The van der Waals surface area contributed by atoms with Crippen LogP contribution in [0.1, 0.15) is 26.7 Å². The van der Waals surface area contributed by atoms with Crippen molar-refractivity contribution in [1.29, 1.82) is 0 Å².